The van der Waals surface area contributed by atoms with Crippen LogP contribution < -0.4 is 10.5 Å². The summed E-state index contributed by atoms with van der Waals surface area (Å²) in [6, 6.07) is 0. The first kappa shape index (κ1) is 14.7. The van der Waals surface area contributed by atoms with Crippen LogP contribution in [-0.4, -0.2) is 26.0 Å². The third kappa shape index (κ3) is 3.32. The fourth-order valence-electron chi connectivity index (χ4n) is 1.07. The van der Waals surface area contributed by atoms with Crippen LogP contribution >= 0.6 is 0 Å². The number of hydrogen-bond acceptors (Lipinski definition) is 3. The van der Waals surface area contributed by atoms with Gasteiger partial charge in [-0.05, 0) is 12.8 Å². The van der Waals surface area contributed by atoms with E-state index in [1.165, 1.54) is 0 Å². The predicted molar refractivity (Wildman–Crippen MR) is 50.5 cm³/mol. The molecular formula is C7H15F3N2O2S. The Morgan fingerprint density at radius 1 is 1.20 bits per heavy atom. The average molecular weight is 248 g/mol. The molecule has 0 bridgehead atoms. The lowest BCUT2D eigenvalue weighted by Gasteiger charge is -2.31. The van der Waals surface area contributed by atoms with E-state index >= 15 is 0 Å². The summed E-state index contributed by atoms with van der Waals surface area (Å²) in [7, 11) is -5.32. The molecule has 0 aromatic carbocycles. The molecule has 0 saturated carbocycles. The molecule has 0 spiro atoms. The van der Waals surface area contributed by atoms with Crippen molar-refractivity contribution in [3.63, 3.8) is 0 Å². The molecule has 92 valence electrons. The van der Waals surface area contributed by atoms with Crippen molar-refractivity contribution in [2.24, 2.45) is 5.73 Å². The number of halogens is 3. The molecule has 0 atom stereocenters. The summed E-state index contributed by atoms with van der Waals surface area (Å²) in [5.41, 5.74) is -1.22. The highest BCUT2D eigenvalue weighted by Gasteiger charge is 2.49. The molecule has 15 heavy (non-hydrogen) atoms. The highest BCUT2D eigenvalue weighted by atomic mass is 32.2. The molecule has 0 rings (SSSR count). The Hall–Kier alpha value is -0.340. The highest BCUT2D eigenvalue weighted by Crippen LogP contribution is 2.25. The number of hydrogen-bond donors (Lipinski definition) is 2. The quantitative estimate of drug-likeness (QED) is 0.760. The van der Waals surface area contributed by atoms with Crippen molar-refractivity contribution >= 4 is 10.0 Å². The second kappa shape index (κ2) is 4.67. The third-order valence-corrected chi connectivity index (χ3v) is 3.71. The Morgan fingerprint density at radius 2 is 1.60 bits per heavy atom. The largest absolute Gasteiger partial charge is 0.511 e. The molecule has 4 nitrogen and oxygen atoms in total. The molecule has 0 unspecified atom stereocenters. The van der Waals surface area contributed by atoms with Crippen molar-refractivity contribution in [2.45, 2.75) is 37.7 Å². The minimum atomic E-state index is -5.32. The van der Waals surface area contributed by atoms with Gasteiger partial charge in [0.1, 0.15) is 0 Å². The second-order valence-corrected chi connectivity index (χ2v) is 4.92. The molecule has 0 aliphatic carbocycles. The number of nitrogens with one attached hydrogen (secondary N) is 1. The van der Waals surface area contributed by atoms with E-state index in [0.717, 1.165) is 0 Å². The predicted octanol–water partition coefficient (Wildman–Crippen LogP) is 0.943. The molecule has 0 aromatic heterocycles. The van der Waals surface area contributed by atoms with Crippen LogP contribution in [0.1, 0.15) is 26.7 Å². The van der Waals surface area contributed by atoms with Gasteiger partial charge in [-0.2, -0.15) is 17.9 Å². The molecule has 0 radical (unpaired) electrons. The smallest absolute Gasteiger partial charge is 0.329 e. The normalized spacial score (nSPS) is 14.3. The minimum absolute atomic E-state index is 0.171. The number of nitrogens with two attached hydrogens (primary N) is 1. The van der Waals surface area contributed by atoms with E-state index in [4.69, 9.17) is 5.73 Å². The van der Waals surface area contributed by atoms with Gasteiger partial charge in [-0.1, -0.05) is 13.8 Å². The van der Waals surface area contributed by atoms with Crippen LogP contribution in [0.4, 0.5) is 13.2 Å². The highest BCUT2D eigenvalue weighted by molar-refractivity contribution is 7.90. The van der Waals surface area contributed by atoms with Gasteiger partial charge in [0.2, 0.25) is 0 Å². The van der Waals surface area contributed by atoms with Crippen molar-refractivity contribution in [3.8, 4) is 0 Å². The van der Waals surface area contributed by atoms with Gasteiger partial charge in [-0.15, -0.1) is 0 Å². The Kier molecular flexibility index (Phi) is 4.56. The van der Waals surface area contributed by atoms with Crippen LogP contribution in [0.2, 0.25) is 0 Å². The molecule has 0 aromatic rings. The van der Waals surface area contributed by atoms with Crippen LogP contribution in [0, 0.1) is 0 Å². The van der Waals surface area contributed by atoms with Gasteiger partial charge in [0.25, 0.3) is 0 Å². The first-order valence-corrected chi connectivity index (χ1v) is 5.92. The maximum absolute atomic E-state index is 12.1. The lowest BCUT2D eigenvalue weighted by atomic mass is 9.95. The van der Waals surface area contributed by atoms with Gasteiger partial charge in [-0.25, -0.2) is 8.42 Å². The van der Waals surface area contributed by atoms with Crippen LogP contribution in [0.3, 0.4) is 0 Å². The van der Waals surface area contributed by atoms with E-state index < -0.39 is 21.1 Å². The zero-order valence-electron chi connectivity index (χ0n) is 8.56. The van der Waals surface area contributed by atoms with Crippen LogP contribution in [-0.2, 0) is 10.0 Å². The van der Waals surface area contributed by atoms with Gasteiger partial charge in [0.15, 0.2) is 0 Å². The molecule has 3 N–H and O–H groups in total. The van der Waals surface area contributed by atoms with Gasteiger partial charge in [0, 0.05) is 12.1 Å². The monoisotopic (exact) mass is 248 g/mol. The van der Waals surface area contributed by atoms with Gasteiger partial charge in [0.05, 0.1) is 0 Å². The molecule has 8 heteroatoms. The molecule has 0 aliphatic heterocycles. The fourth-order valence-corrected chi connectivity index (χ4v) is 2.13. The van der Waals surface area contributed by atoms with Gasteiger partial charge < -0.3 is 5.73 Å². The van der Waals surface area contributed by atoms with Crippen molar-refractivity contribution < 1.29 is 21.6 Å². The molecule has 0 saturated heterocycles. The molecule has 0 heterocycles. The Morgan fingerprint density at radius 3 is 1.80 bits per heavy atom. The standard InChI is InChI=1S/C7H15F3N2O2S/c1-3-6(4-2,5-11)12-15(13,14)7(8,9)10/h12H,3-5,11H2,1-2H3. The van der Waals surface area contributed by atoms with Crippen molar-refractivity contribution in [3.05, 3.63) is 0 Å². The molecule has 0 amide bonds. The molecule has 0 fully saturated rings. The van der Waals surface area contributed by atoms with Crippen LogP contribution in [0.5, 0.6) is 0 Å². The van der Waals surface area contributed by atoms with Crippen molar-refractivity contribution in [2.75, 3.05) is 6.54 Å². The summed E-state index contributed by atoms with van der Waals surface area (Å²) >= 11 is 0. The number of rotatable bonds is 5. The summed E-state index contributed by atoms with van der Waals surface area (Å²) in [4.78, 5) is 0. The fraction of sp³-hybridized carbons (Fsp3) is 1.00. The van der Waals surface area contributed by atoms with E-state index in [1.807, 2.05) is 0 Å². The summed E-state index contributed by atoms with van der Waals surface area (Å²) in [5.74, 6) is 0. The molecular weight excluding hydrogens is 233 g/mol. The third-order valence-electron chi connectivity index (χ3n) is 2.40. The van der Waals surface area contributed by atoms with Gasteiger partial charge >= 0.3 is 15.5 Å². The lowest BCUT2D eigenvalue weighted by Crippen LogP contribution is -2.55. The maximum atomic E-state index is 12.1. The summed E-state index contributed by atoms with van der Waals surface area (Å²) < 4.78 is 59.6. The van der Waals surface area contributed by atoms with E-state index in [0.29, 0.717) is 0 Å². The average Bonchev–Trinajstić information content (AvgIpc) is 2.12. The van der Waals surface area contributed by atoms with E-state index in [9.17, 15) is 21.6 Å². The Balaban J connectivity index is 5.00. The van der Waals surface area contributed by atoms with E-state index in [1.54, 1.807) is 18.6 Å². The summed E-state index contributed by atoms with van der Waals surface area (Å²) in [6.45, 7) is 2.99. The van der Waals surface area contributed by atoms with Gasteiger partial charge in [-0.3, -0.25) is 0 Å². The SMILES string of the molecule is CCC(CC)(CN)NS(=O)(=O)C(F)(F)F. The first-order valence-electron chi connectivity index (χ1n) is 4.44. The van der Waals surface area contributed by atoms with E-state index in [2.05, 4.69) is 0 Å². The zero-order valence-corrected chi connectivity index (χ0v) is 9.37. The topological polar surface area (TPSA) is 72.2 Å². The van der Waals surface area contributed by atoms with Crippen molar-refractivity contribution in [1.82, 2.24) is 4.72 Å². The summed E-state index contributed by atoms with van der Waals surface area (Å²) in [6.07, 6.45) is 0.407. The number of sulfonamides is 1. The Labute approximate surface area is 87.1 Å². The maximum Gasteiger partial charge on any atom is 0.511 e. The van der Waals surface area contributed by atoms with E-state index in [-0.39, 0.29) is 19.4 Å². The lowest BCUT2D eigenvalue weighted by molar-refractivity contribution is -0.0457. The van der Waals surface area contributed by atoms with Crippen LogP contribution in [0.25, 0.3) is 0 Å². The minimum Gasteiger partial charge on any atom is -0.329 e. The zero-order chi connectivity index (χ0) is 12.3. The molecule has 0 aliphatic rings. The van der Waals surface area contributed by atoms with Crippen LogP contribution in [0.15, 0.2) is 0 Å². The second-order valence-electron chi connectivity index (χ2n) is 3.24. The number of alkyl halides is 3. The Bertz CT molecular complexity index is 288. The summed E-state index contributed by atoms with van der Waals surface area (Å²) in [5, 5.41) is 0. The van der Waals surface area contributed by atoms with Crippen molar-refractivity contribution in [1.29, 1.82) is 0 Å². The first-order chi connectivity index (χ1) is 6.64.